The molecule has 1 saturated carbocycles. The molecule has 1 aliphatic rings. The molecular formula is C18H15NO3S. The van der Waals surface area contributed by atoms with Crippen LogP contribution in [0.2, 0.25) is 0 Å². The SMILES string of the molecule is O=C(O)c1sc2c(ccc(=O)n2CC2CC2)c1-c1ccccc1. The lowest BCUT2D eigenvalue weighted by Crippen LogP contribution is -2.19. The summed E-state index contributed by atoms with van der Waals surface area (Å²) >= 11 is 1.20. The zero-order chi connectivity index (χ0) is 16.0. The monoisotopic (exact) mass is 325 g/mol. The molecule has 2 heterocycles. The number of aromatic carboxylic acids is 1. The molecule has 116 valence electrons. The fraction of sp³-hybridized carbons (Fsp3) is 0.222. The van der Waals surface area contributed by atoms with Crippen LogP contribution in [0.4, 0.5) is 0 Å². The van der Waals surface area contributed by atoms with E-state index in [0.29, 0.717) is 22.9 Å². The van der Waals surface area contributed by atoms with E-state index in [4.69, 9.17) is 0 Å². The summed E-state index contributed by atoms with van der Waals surface area (Å²) in [6, 6.07) is 12.8. The molecule has 0 radical (unpaired) electrons. The lowest BCUT2D eigenvalue weighted by molar-refractivity contribution is 0.0703. The van der Waals surface area contributed by atoms with E-state index in [-0.39, 0.29) is 5.56 Å². The summed E-state index contributed by atoms with van der Waals surface area (Å²) in [5.41, 5.74) is 1.53. The molecule has 0 amide bonds. The zero-order valence-corrected chi connectivity index (χ0v) is 13.2. The molecule has 0 unspecified atom stereocenters. The van der Waals surface area contributed by atoms with E-state index in [9.17, 15) is 14.7 Å². The average molecular weight is 325 g/mol. The van der Waals surface area contributed by atoms with Crippen LogP contribution < -0.4 is 5.56 Å². The van der Waals surface area contributed by atoms with Gasteiger partial charge in [0.05, 0.1) is 0 Å². The van der Waals surface area contributed by atoms with Crippen molar-refractivity contribution in [1.82, 2.24) is 4.57 Å². The van der Waals surface area contributed by atoms with Gasteiger partial charge in [-0.3, -0.25) is 9.36 Å². The first-order valence-corrected chi connectivity index (χ1v) is 8.42. The van der Waals surface area contributed by atoms with Gasteiger partial charge in [-0.1, -0.05) is 30.3 Å². The van der Waals surface area contributed by atoms with Crippen molar-refractivity contribution in [3.63, 3.8) is 0 Å². The smallest absolute Gasteiger partial charge is 0.346 e. The molecule has 1 aliphatic carbocycles. The standard InChI is InChI=1S/C18H15NO3S/c20-14-9-8-13-15(12-4-2-1-3-5-12)16(18(21)22)23-17(13)19(14)10-11-6-7-11/h1-5,8-9,11H,6-7,10H2,(H,21,22). The van der Waals surface area contributed by atoms with Crippen LogP contribution in [0.5, 0.6) is 0 Å². The van der Waals surface area contributed by atoms with Crippen molar-refractivity contribution in [1.29, 1.82) is 0 Å². The number of carboxylic acids is 1. The maximum absolute atomic E-state index is 12.2. The van der Waals surface area contributed by atoms with Crippen LogP contribution in [0.25, 0.3) is 21.3 Å². The van der Waals surface area contributed by atoms with Crippen LogP contribution >= 0.6 is 11.3 Å². The Kier molecular flexibility index (Phi) is 3.31. The lowest BCUT2D eigenvalue weighted by atomic mass is 10.0. The lowest BCUT2D eigenvalue weighted by Gasteiger charge is -2.06. The normalized spacial score (nSPS) is 14.3. The molecule has 5 heteroatoms. The molecule has 4 rings (SSSR count). The van der Waals surface area contributed by atoms with E-state index < -0.39 is 5.97 Å². The number of nitrogens with zero attached hydrogens (tertiary/aromatic N) is 1. The predicted molar refractivity (Wildman–Crippen MR) is 91.2 cm³/mol. The number of rotatable bonds is 4. The highest BCUT2D eigenvalue weighted by Crippen LogP contribution is 2.39. The average Bonchev–Trinajstić information content (AvgIpc) is 3.28. The number of pyridine rings is 1. The summed E-state index contributed by atoms with van der Waals surface area (Å²) in [5.74, 6) is -0.399. The topological polar surface area (TPSA) is 59.3 Å². The second-order valence-corrected chi connectivity index (χ2v) is 6.92. The van der Waals surface area contributed by atoms with Gasteiger partial charge in [0.1, 0.15) is 9.71 Å². The second kappa shape index (κ2) is 5.35. The fourth-order valence-corrected chi connectivity index (χ4v) is 4.07. The minimum Gasteiger partial charge on any atom is -0.477 e. The summed E-state index contributed by atoms with van der Waals surface area (Å²) in [4.78, 5) is 25.0. The van der Waals surface area contributed by atoms with Gasteiger partial charge in [-0.2, -0.15) is 0 Å². The largest absolute Gasteiger partial charge is 0.477 e. The van der Waals surface area contributed by atoms with Gasteiger partial charge in [-0.25, -0.2) is 4.79 Å². The maximum Gasteiger partial charge on any atom is 0.346 e. The van der Waals surface area contributed by atoms with Crippen LogP contribution in [-0.4, -0.2) is 15.6 Å². The molecule has 1 aromatic carbocycles. The zero-order valence-electron chi connectivity index (χ0n) is 12.4. The van der Waals surface area contributed by atoms with Crippen molar-refractivity contribution in [2.24, 2.45) is 5.92 Å². The summed E-state index contributed by atoms with van der Waals surface area (Å²) in [6.45, 7) is 0.684. The van der Waals surface area contributed by atoms with E-state index >= 15 is 0 Å². The Balaban J connectivity index is 2.02. The van der Waals surface area contributed by atoms with Crippen molar-refractivity contribution < 1.29 is 9.90 Å². The summed E-state index contributed by atoms with van der Waals surface area (Å²) in [5, 5.41) is 10.5. The minimum absolute atomic E-state index is 0.0535. The van der Waals surface area contributed by atoms with Gasteiger partial charge in [0, 0.05) is 23.6 Å². The molecule has 0 saturated heterocycles. The predicted octanol–water partition coefficient (Wildman–Crippen LogP) is 3.84. The van der Waals surface area contributed by atoms with Crippen molar-refractivity contribution >= 4 is 27.5 Å². The van der Waals surface area contributed by atoms with E-state index in [1.165, 1.54) is 11.3 Å². The highest BCUT2D eigenvalue weighted by Gasteiger charge is 2.26. The Hall–Kier alpha value is -2.40. The van der Waals surface area contributed by atoms with Gasteiger partial charge in [0.15, 0.2) is 0 Å². The van der Waals surface area contributed by atoms with Gasteiger partial charge in [0.25, 0.3) is 5.56 Å². The Labute approximate surface area is 136 Å². The molecule has 0 spiro atoms. The Morgan fingerprint density at radius 3 is 2.57 bits per heavy atom. The van der Waals surface area contributed by atoms with Gasteiger partial charge < -0.3 is 5.11 Å². The number of aromatic nitrogens is 1. The summed E-state index contributed by atoms with van der Waals surface area (Å²) in [7, 11) is 0. The number of carboxylic acid groups (broad SMARTS) is 1. The Morgan fingerprint density at radius 1 is 1.17 bits per heavy atom. The Morgan fingerprint density at radius 2 is 1.91 bits per heavy atom. The van der Waals surface area contributed by atoms with Crippen LogP contribution in [0.15, 0.2) is 47.3 Å². The molecule has 0 bridgehead atoms. The van der Waals surface area contributed by atoms with Crippen molar-refractivity contribution in [3.05, 3.63) is 57.7 Å². The van der Waals surface area contributed by atoms with Gasteiger partial charge in [0.2, 0.25) is 0 Å². The number of hydrogen-bond acceptors (Lipinski definition) is 3. The molecule has 1 N–H and O–H groups in total. The maximum atomic E-state index is 12.2. The van der Waals surface area contributed by atoms with Crippen molar-refractivity contribution in [2.75, 3.05) is 0 Å². The third kappa shape index (κ3) is 2.47. The first-order chi connectivity index (χ1) is 11.1. The number of hydrogen-bond donors (Lipinski definition) is 1. The number of carbonyl (C=O) groups is 1. The fourth-order valence-electron chi connectivity index (χ4n) is 2.91. The van der Waals surface area contributed by atoms with E-state index in [1.807, 2.05) is 30.3 Å². The van der Waals surface area contributed by atoms with Crippen LogP contribution in [0, 0.1) is 5.92 Å². The number of fused-ring (bicyclic) bond motifs is 1. The molecule has 1 fully saturated rings. The van der Waals surface area contributed by atoms with Crippen LogP contribution in [-0.2, 0) is 6.54 Å². The number of thiophene rings is 1. The third-order valence-corrected chi connectivity index (χ3v) is 5.44. The molecule has 0 atom stereocenters. The molecule has 3 aromatic rings. The first-order valence-electron chi connectivity index (χ1n) is 7.60. The van der Waals surface area contributed by atoms with E-state index in [0.717, 1.165) is 28.6 Å². The van der Waals surface area contributed by atoms with Crippen LogP contribution in [0.1, 0.15) is 22.5 Å². The van der Waals surface area contributed by atoms with Gasteiger partial charge in [-0.15, -0.1) is 11.3 Å². The molecule has 0 aliphatic heterocycles. The van der Waals surface area contributed by atoms with Crippen LogP contribution in [0.3, 0.4) is 0 Å². The van der Waals surface area contributed by atoms with Gasteiger partial charge in [-0.05, 0) is 30.4 Å². The third-order valence-electron chi connectivity index (χ3n) is 4.22. The second-order valence-electron chi connectivity index (χ2n) is 5.92. The summed E-state index contributed by atoms with van der Waals surface area (Å²) in [6.07, 6.45) is 2.29. The van der Waals surface area contributed by atoms with Crippen molar-refractivity contribution in [2.45, 2.75) is 19.4 Å². The van der Waals surface area contributed by atoms with Crippen molar-refractivity contribution in [3.8, 4) is 11.1 Å². The van der Waals surface area contributed by atoms with E-state index in [1.54, 1.807) is 16.7 Å². The molecule has 4 nitrogen and oxygen atoms in total. The molecule has 2 aromatic heterocycles. The van der Waals surface area contributed by atoms with Gasteiger partial charge >= 0.3 is 5.97 Å². The quantitative estimate of drug-likeness (QED) is 0.793. The minimum atomic E-state index is -0.949. The molecule has 23 heavy (non-hydrogen) atoms. The molecular weight excluding hydrogens is 310 g/mol. The highest BCUT2D eigenvalue weighted by atomic mass is 32.1. The number of benzene rings is 1. The first kappa shape index (κ1) is 14.2. The Bertz CT molecular complexity index is 952. The highest BCUT2D eigenvalue weighted by molar-refractivity contribution is 7.21. The van der Waals surface area contributed by atoms with E-state index in [2.05, 4.69) is 0 Å². The summed E-state index contributed by atoms with van der Waals surface area (Å²) < 4.78 is 1.75.